The van der Waals surface area contributed by atoms with E-state index in [0.29, 0.717) is 29.9 Å². The first-order valence-corrected chi connectivity index (χ1v) is 10.0. The summed E-state index contributed by atoms with van der Waals surface area (Å²) in [6, 6.07) is 0. The summed E-state index contributed by atoms with van der Waals surface area (Å²) in [4.78, 5) is 21.8. The van der Waals surface area contributed by atoms with Crippen LogP contribution in [0.2, 0.25) is 0 Å². The topological polar surface area (TPSA) is 58.6 Å². The maximum atomic E-state index is 11.1. The van der Waals surface area contributed by atoms with Crippen molar-refractivity contribution in [1.82, 2.24) is 14.9 Å². The molecule has 6 nitrogen and oxygen atoms in total. The Kier molecular flexibility index (Phi) is 7.50. The van der Waals surface area contributed by atoms with E-state index < -0.39 is 0 Å². The molecule has 1 aromatic rings. The largest absolute Gasteiger partial charge is 0.489 e. The van der Waals surface area contributed by atoms with Crippen LogP contribution in [-0.4, -0.2) is 47.7 Å². The van der Waals surface area contributed by atoms with Crippen LogP contribution in [0.4, 0.5) is 5.95 Å². The van der Waals surface area contributed by atoms with E-state index in [1.54, 1.807) is 31.4 Å². The SMILES string of the molecule is CCN(SC)c1ncc(OCC2CC2)c(/C(C=C(C)C)=C/N(C)C=O)n1. The van der Waals surface area contributed by atoms with Gasteiger partial charge in [-0.3, -0.25) is 9.10 Å². The number of allylic oxidation sites excluding steroid dienone is 3. The third-order valence-corrected chi connectivity index (χ3v) is 4.73. The molecule has 0 bridgehead atoms. The van der Waals surface area contributed by atoms with Gasteiger partial charge >= 0.3 is 0 Å². The minimum atomic E-state index is 0.634. The Balaban J connectivity index is 2.49. The fourth-order valence-electron chi connectivity index (χ4n) is 2.37. The summed E-state index contributed by atoms with van der Waals surface area (Å²) < 4.78 is 8.03. The van der Waals surface area contributed by atoms with Crippen molar-refractivity contribution in [2.24, 2.45) is 5.92 Å². The molecule has 0 atom stereocenters. The Bertz CT molecular complexity index is 678. The summed E-state index contributed by atoms with van der Waals surface area (Å²) in [5, 5.41) is 0. The van der Waals surface area contributed by atoms with E-state index in [2.05, 4.69) is 11.9 Å². The Hall–Kier alpha value is -2.02. The van der Waals surface area contributed by atoms with Crippen LogP contribution >= 0.6 is 11.9 Å². The highest BCUT2D eigenvalue weighted by Crippen LogP contribution is 2.33. The van der Waals surface area contributed by atoms with Crippen molar-refractivity contribution >= 4 is 29.9 Å². The highest BCUT2D eigenvalue weighted by atomic mass is 32.2. The van der Waals surface area contributed by atoms with E-state index in [1.165, 1.54) is 17.7 Å². The lowest BCUT2D eigenvalue weighted by Crippen LogP contribution is -2.17. The second kappa shape index (κ2) is 9.62. The molecule has 0 spiro atoms. The first-order valence-electron chi connectivity index (χ1n) is 8.84. The molecule has 1 aliphatic rings. The molecular weight excluding hydrogens is 348 g/mol. The van der Waals surface area contributed by atoms with Gasteiger partial charge in [-0.25, -0.2) is 9.97 Å². The van der Waals surface area contributed by atoms with Crippen molar-refractivity contribution in [3.63, 3.8) is 0 Å². The van der Waals surface area contributed by atoms with Gasteiger partial charge in [0, 0.05) is 31.6 Å². The second-order valence-electron chi connectivity index (χ2n) is 6.59. The van der Waals surface area contributed by atoms with Gasteiger partial charge in [-0.2, -0.15) is 0 Å². The zero-order chi connectivity index (χ0) is 19.1. The van der Waals surface area contributed by atoms with Gasteiger partial charge in [0.1, 0.15) is 5.69 Å². The number of nitrogens with zero attached hydrogens (tertiary/aromatic N) is 4. The van der Waals surface area contributed by atoms with Gasteiger partial charge in [-0.15, -0.1) is 0 Å². The lowest BCUT2D eigenvalue weighted by molar-refractivity contribution is -0.114. The highest BCUT2D eigenvalue weighted by Gasteiger charge is 2.23. The van der Waals surface area contributed by atoms with Gasteiger partial charge in [0.05, 0.1) is 12.8 Å². The molecule has 0 radical (unpaired) electrons. The van der Waals surface area contributed by atoms with Crippen LogP contribution in [0.1, 0.15) is 39.3 Å². The van der Waals surface area contributed by atoms with Gasteiger partial charge in [-0.05, 0) is 39.5 Å². The number of carbonyl (C=O) groups excluding carboxylic acids is 1. The van der Waals surface area contributed by atoms with Crippen molar-refractivity contribution in [1.29, 1.82) is 0 Å². The average molecular weight is 377 g/mol. The standard InChI is InChI=1S/C19H28N4O2S/c1-6-23(26-5)19-20-10-17(25-12-15-7-8-15)18(21-19)16(9-14(2)3)11-22(4)13-24/h9-11,13,15H,6-8,12H2,1-5H3/b16-11+. The maximum Gasteiger partial charge on any atom is 0.236 e. The van der Waals surface area contributed by atoms with E-state index in [-0.39, 0.29) is 0 Å². The third kappa shape index (κ3) is 5.76. The molecule has 1 heterocycles. The van der Waals surface area contributed by atoms with Crippen molar-refractivity contribution in [3.8, 4) is 5.75 Å². The zero-order valence-electron chi connectivity index (χ0n) is 16.2. The summed E-state index contributed by atoms with van der Waals surface area (Å²) in [6.45, 7) is 7.56. The molecule has 1 fully saturated rings. The van der Waals surface area contributed by atoms with Crippen molar-refractivity contribution < 1.29 is 9.53 Å². The van der Waals surface area contributed by atoms with Gasteiger partial charge < -0.3 is 9.64 Å². The molecule has 0 unspecified atom stereocenters. The molecule has 0 aromatic carbocycles. The van der Waals surface area contributed by atoms with E-state index >= 15 is 0 Å². The van der Waals surface area contributed by atoms with Gasteiger partial charge in [0.15, 0.2) is 5.75 Å². The predicted molar refractivity (Wildman–Crippen MR) is 108 cm³/mol. The van der Waals surface area contributed by atoms with Crippen molar-refractivity contribution in [2.75, 3.05) is 30.8 Å². The minimum absolute atomic E-state index is 0.634. The molecule has 26 heavy (non-hydrogen) atoms. The molecule has 142 valence electrons. The number of anilines is 1. The van der Waals surface area contributed by atoms with Crippen LogP contribution in [-0.2, 0) is 4.79 Å². The molecule has 0 saturated heterocycles. The highest BCUT2D eigenvalue weighted by molar-refractivity contribution is 7.99. The number of hydrogen-bond acceptors (Lipinski definition) is 6. The summed E-state index contributed by atoms with van der Waals surface area (Å²) in [6.07, 6.45) is 10.7. The number of aromatic nitrogens is 2. The molecule has 1 amide bonds. The maximum absolute atomic E-state index is 11.1. The molecule has 1 aromatic heterocycles. The quantitative estimate of drug-likeness (QED) is 0.352. The molecule has 1 saturated carbocycles. The van der Waals surface area contributed by atoms with Crippen LogP contribution in [0.25, 0.3) is 5.57 Å². The normalized spacial score (nSPS) is 14.0. The molecule has 2 rings (SSSR count). The minimum Gasteiger partial charge on any atom is -0.489 e. The van der Waals surface area contributed by atoms with E-state index in [1.807, 2.05) is 30.5 Å². The number of hydrogen-bond donors (Lipinski definition) is 0. The fraction of sp³-hybridized carbons (Fsp3) is 0.526. The number of ether oxygens (including phenoxy) is 1. The molecule has 1 aliphatic carbocycles. The first-order chi connectivity index (χ1) is 12.5. The second-order valence-corrected chi connectivity index (χ2v) is 7.40. The predicted octanol–water partition coefficient (Wildman–Crippen LogP) is 3.77. The number of carbonyl (C=O) groups is 1. The average Bonchev–Trinajstić information content (AvgIpc) is 3.44. The van der Waals surface area contributed by atoms with Gasteiger partial charge in [0.2, 0.25) is 12.4 Å². The Morgan fingerprint density at radius 1 is 1.42 bits per heavy atom. The van der Waals surface area contributed by atoms with Crippen LogP contribution in [0, 0.1) is 5.92 Å². The van der Waals surface area contributed by atoms with Crippen molar-refractivity contribution in [3.05, 3.63) is 29.7 Å². The van der Waals surface area contributed by atoms with E-state index in [0.717, 1.165) is 24.1 Å². The first kappa shape index (κ1) is 20.3. The molecule has 0 aliphatic heterocycles. The fourth-order valence-corrected chi connectivity index (χ4v) is 2.88. The lowest BCUT2D eigenvalue weighted by atomic mass is 10.1. The van der Waals surface area contributed by atoms with Crippen LogP contribution in [0.5, 0.6) is 5.75 Å². The Morgan fingerprint density at radius 3 is 2.69 bits per heavy atom. The number of rotatable bonds is 10. The smallest absolute Gasteiger partial charge is 0.236 e. The molecule has 0 N–H and O–H groups in total. The van der Waals surface area contributed by atoms with Gasteiger partial charge in [0.25, 0.3) is 0 Å². The van der Waals surface area contributed by atoms with Crippen molar-refractivity contribution in [2.45, 2.75) is 33.6 Å². The van der Waals surface area contributed by atoms with E-state index in [4.69, 9.17) is 9.72 Å². The molecule has 7 heteroatoms. The summed E-state index contributed by atoms with van der Waals surface area (Å²) >= 11 is 1.58. The summed E-state index contributed by atoms with van der Waals surface area (Å²) in [7, 11) is 1.71. The zero-order valence-corrected chi connectivity index (χ0v) is 17.0. The summed E-state index contributed by atoms with van der Waals surface area (Å²) in [5.41, 5.74) is 2.64. The third-order valence-electron chi connectivity index (χ3n) is 3.87. The monoisotopic (exact) mass is 376 g/mol. The Morgan fingerprint density at radius 2 is 2.15 bits per heavy atom. The number of amides is 1. The van der Waals surface area contributed by atoms with Crippen LogP contribution in [0.15, 0.2) is 24.0 Å². The molecular formula is C19H28N4O2S. The Labute approximate surface area is 160 Å². The van der Waals surface area contributed by atoms with Crippen LogP contribution in [0.3, 0.4) is 0 Å². The summed E-state index contributed by atoms with van der Waals surface area (Å²) in [5.74, 6) is 1.92. The van der Waals surface area contributed by atoms with Gasteiger partial charge in [-0.1, -0.05) is 23.6 Å². The lowest BCUT2D eigenvalue weighted by Gasteiger charge is -2.20. The van der Waals surface area contributed by atoms with Crippen LogP contribution < -0.4 is 9.04 Å². The van der Waals surface area contributed by atoms with E-state index in [9.17, 15) is 4.79 Å².